The van der Waals surface area contributed by atoms with Crippen molar-refractivity contribution in [3.8, 4) is 11.5 Å². The fraction of sp³-hybridized carbons (Fsp3) is 0.364. The molecule has 1 unspecified atom stereocenters. The topological polar surface area (TPSA) is 66.8 Å². The summed E-state index contributed by atoms with van der Waals surface area (Å²) in [6.07, 6.45) is 5.94. The maximum atomic E-state index is 11.3. The molecular formula is C22H25NO4. The molecule has 1 aliphatic rings. The van der Waals surface area contributed by atoms with Crippen LogP contribution in [-0.2, 0) is 6.54 Å². The van der Waals surface area contributed by atoms with Crippen molar-refractivity contribution in [1.29, 1.82) is 0 Å². The van der Waals surface area contributed by atoms with Crippen molar-refractivity contribution in [3.05, 3.63) is 59.2 Å². The monoisotopic (exact) mass is 367 g/mol. The van der Waals surface area contributed by atoms with Crippen LogP contribution in [0.15, 0.2) is 42.5 Å². The Hall–Kier alpha value is -2.66. The van der Waals surface area contributed by atoms with Crippen LogP contribution in [0.1, 0.15) is 52.0 Å². The van der Waals surface area contributed by atoms with Crippen LogP contribution in [-0.4, -0.2) is 41.8 Å². The summed E-state index contributed by atoms with van der Waals surface area (Å²) in [5.41, 5.74) is 1.92. The van der Waals surface area contributed by atoms with Crippen LogP contribution >= 0.6 is 0 Å². The summed E-state index contributed by atoms with van der Waals surface area (Å²) >= 11 is 0. The number of phenolic OH excluding ortho intramolecular Hbond substituents is 1. The second-order valence-electron chi connectivity index (χ2n) is 6.91. The summed E-state index contributed by atoms with van der Waals surface area (Å²) in [5, 5.41) is 9.82. The van der Waals surface area contributed by atoms with Crippen molar-refractivity contribution in [3.63, 3.8) is 0 Å². The lowest BCUT2D eigenvalue weighted by molar-refractivity contribution is 0.110. The third-order valence-corrected chi connectivity index (χ3v) is 5.15. The molecule has 5 heteroatoms. The highest BCUT2D eigenvalue weighted by Crippen LogP contribution is 2.27. The molecule has 3 rings (SSSR count). The predicted molar refractivity (Wildman–Crippen MR) is 103 cm³/mol. The van der Waals surface area contributed by atoms with Crippen LogP contribution in [0.25, 0.3) is 0 Å². The van der Waals surface area contributed by atoms with Gasteiger partial charge >= 0.3 is 0 Å². The summed E-state index contributed by atoms with van der Waals surface area (Å²) < 4.78 is 5.93. The molecule has 0 aliphatic carbocycles. The molecule has 1 aliphatic heterocycles. The quantitative estimate of drug-likeness (QED) is 0.753. The van der Waals surface area contributed by atoms with Gasteiger partial charge in [0.05, 0.1) is 5.56 Å². The predicted octanol–water partition coefficient (Wildman–Crippen LogP) is 3.84. The zero-order chi connectivity index (χ0) is 19.1. The maximum Gasteiger partial charge on any atom is 0.157 e. The molecule has 0 bridgehead atoms. The molecule has 1 N–H and O–H groups in total. The lowest BCUT2D eigenvalue weighted by atomic mass is 10.1. The van der Waals surface area contributed by atoms with Gasteiger partial charge < -0.3 is 9.84 Å². The number of aromatic hydroxyl groups is 1. The Morgan fingerprint density at radius 3 is 2.70 bits per heavy atom. The Morgan fingerprint density at radius 2 is 1.89 bits per heavy atom. The zero-order valence-electron chi connectivity index (χ0n) is 15.3. The number of rotatable bonds is 7. The van der Waals surface area contributed by atoms with Crippen molar-refractivity contribution in [2.75, 3.05) is 13.2 Å². The largest absolute Gasteiger partial charge is 0.507 e. The first-order valence-electron chi connectivity index (χ1n) is 9.40. The minimum atomic E-state index is -0.0693. The van der Waals surface area contributed by atoms with E-state index >= 15 is 0 Å². The smallest absolute Gasteiger partial charge is 0.157 e. The molecule has 2 aromatic rings. The normalized spacial score (nSPS) is 17.9. The van der Waals surface area contributed by atoms with E-state index in [1.54, 1.807) is 12.1 Å². The maximum absolute atomic E-state index is 11.3. The molecule has 1 atom stereocenters. The van der Waals surface area contributed by atoms with Gasteiger partial charge in [0, 0.05) is 18.2 Å². The number of likely N-dealkylation sites (tertiary alicyclic amines) is 1. The van der Waals surface area contributed by atoms with Gasteiger partial charge in [0.2, 0.25) is 0 Å². The van der Waals surface area contributed by atoms with E-state index in [1.165, 1.54) is 12.5 Å². The Balaban J connectivity index is 1.74. The first-order chi connectivity index (χ1) is 13.2. The molecule has 1 saturated heterocycles. The standard InChI is InChI=1S/C22H25NO4/c24-14-18-8-4-3-7-17(18)13-23-12-5-1-2-9-19(23)16-27-22-11-6-10-21(26)20(22)15-25/h3-4,6-8,10-11,14-15,19,26H,1-2,5,9,12-13,16H2. The van der Waals surface area contributed by atoms with E-state index in [4.69, 9.17) is 4.74 Å². The number of nitrogens with zero attached hydrogens (tertiary/aromatic N) is 1. The SMILES string of the molecule is O=Cc1ccccc1CN1CCCCCC1COc1cccc(O)c1C=O. The summed E-state index contributed by atoms with van der Waals surface area (Å²) in [6.45, 7) is 2.08. The highest BCUT2D eigenvalue weighted by Gasteiger charge is 2.23. The number of ether oxygens (including phenoxy) is 1. The molecule has 0 aromatic heterocycles. The Bertz CT molecular complexity index is 790. The minimum Gasteiger partial charge on any atom is -0.507 e. The second-order valence-corrected chi connectivity index (χ2v) is 6.91. The van der Waals surface area contributed by atoms with Crippen LogP contribution in [0.3, 0.4) is 0 Å². The number of hydrogen-bond donors (Lipinski definition) is 1. The molecule has 142 valence electrons. The number of benzene rings is 2. The Labute approximate surface area is 159 Å². The lowest BCUT2D eigenvalue weighted by Crippen LogP contribution is -2.38. The molecule has 0 radical (unpaired) electrons. The van der Waals surface area contributed by atoms with Crippen molar-refractivity contribution >= 4 is 12.6 Å². The van der Waals surface area contributed by atoms with E-state index in [2.05, 4.69) is 4.90 Å². The highest BCUT2D eigenvalue weighted by atomic mass is 16.5. The molecule has 1 heterocycles. The first-order valence-corrected chi connectivity index (χ1v) is 9.40. The Kier molecular flexibility index (Phi) is 6.60. The summed E-state index contributed by atoms with van der Waals surface area (Å²) in [5.74, 6) is 0.336. The molecule has 2 aromatic carbocycles. The van der Waals surface area contributed by atoms with Gasteiger partial charge in [0.25, 0.3) is 0 Å². The zero-order valence-corrected chi connectivity index (χ0v) is 15.3. The molecule has 0 saturated carbocycles. The van der Waals surface area contributed by atoms with Crippen molar-refractivity contribution in [2.24, 2.45) is 0 Å². The summed E-state index contributed by atoms with van der Waals surface area (Å²) in [6, 6.07) is 12.7. The number of phenols is 1. The van der Waals surface area contributed by atoms with Gasteiger partial charge in [0.15, 0.2) is 6.29 Å². The van der Waals surface area contributed by atoms with Crippen LogP contribution in [0.2, 0.25) is 0 Å². The number of carbonyl (C=O) groups excluding carboxylic acids is 2. The third kappa shape index (κ3) is 4.74. The van der Waals surface area contributed by atoms with Gasteiger partial charge in [-0.25, -0.2) is 0 Å². The summed E-state index contributed by atoms with van der Waals surface area (Å²) in [4.78, 5) is 24.9. The lowest BCUT2D eigenvalue weighted by Gasteiger charge is -2.30. The van der Waals surface area contributed by atoms with Crippen LogP contribution in [0, 0.1) is 0 Å². The van der Waals surface area contributed by atoms with Gasteiger partial charge in [-0.1, -0.05) is 43.2 Å². The van der Waals surface area contributed by atoms with E-state index in [0.717, 1.165) is 43.2 Å². The molecule has 1 fully saturated rings. The van der Waals surface area contributed by atoms with E-state index in [-0.39, 0.29) is 17.4 Å². The van der Waals surface area contributed by atoms with Gasteiger partial charge in [-0.05, 0) is 37.1 Å². The van der Waals surface area contributed by atoms with Crippen LogP contribution in [0.4, 0.5) is 0 Å². The molecule has 0 spiro atoms. The van der Waals surface area contributed by atoms with Gasteiger partial charge in [-0.2, -0.15) is 0 Å². The van der Waals surface area contributed by atoms with Gasteiger partial charge in [-0.3, -0.25) is 14.5 Å². The fourth-order valence-electron chi connectivity index (χ4n) is 3.61. The van der Waals surface area contributed by atoms with Crippen molar-refractivity contribution in [1.82, 2.24) is 4.90 Å². The van der Waals surface area contributed by atoms with E-state index in [0.29, 0.717) is 25.2 Å². The van der Waals surface area contributed by atoms with Crippen molar-refractivity contribution < 1.29 is 19.4 Å². The number of carbonyl (C=O) groups is 2. The minimum absolute atomic E-state index is 0.0693. The number of aldehydes is 2. The van der Waals surface area contributed by atoms with E-state index in [9.17, 15) is 14.7 Å². The van der Waals surface area contributed by atoms with Gasteiger partial charge in [0.1, 0.15) is 24.4 Å². The molecule has 5 nitrogen and oxygen atoms in total. The number of hydrogen-bond acceptors (Lipinski definition) is 5. The first kappa shape index (κ1) is 19.1. The molecule has 0 amide bonds. The van der Waals surface area contributed by atoms with E-state index < -0.39 is 0 Å². The van der Waals surface area contributed by atoms with Crippen molar-refractivity contribution in [2.45, 2.75) is 38.3 Å². The third-order valence-electron chi connectivity index (χ3n) is 5.15. The molecule has 27 heavy (non-hydrogen) atoms. The average Bonchev–Trinajstić information content (AvgIpc) is 2.92. The molecular weight excluding hydrogens is 342 g/mol. The van der Waals surface area contributed by atoms with Gasteiger partial charge in [-0.15, -0.1) is 0 Å². The second kappa shape index (κ2) is 9.33. The Morgan fingerprint density at radius 1 is 1.04 bits per heavy atom. The fourth-order valence-corrected chi connectivity index (χ4v) is 3.61. The summed E-state index contributed by atoms with van der Waals surface area (Å²) in [7, 11) is 0. The van der Waals surface area contributed by atoms with Crippen LogP contribution in [0.5, 0.6) is 11.5 Å². The average molecular weight is 367 g/mol. The van der Waals surface area contributed by atoms with Crippen LogP contribution < -0.4 is 4.74 Å². The highest BCUT2D eigenvalue weighted by molar-refractivity contribution is 5.83. The van der Waals surface area contributed by atoms with E-state index in [1.807, 2.05) is 24.3 Å².